The predicted molar refractivity (Wildman–Crippen MR) is 144 cm³/mol. The van der Waals surface area contributed by atoms with Gasteiger partial charge in [0.15, 0.2) is 5.65 Å². The smallest absolute Gasteiger partial charge is 0.240 e. The van der Waals surface area contributed by atoms with Crippen LogP contribution in [0, 0.1) is 13.8 Å². The molecule has 4 aromatic rings. The van der Waals surface area contributed by atoms with Crippen molar-refractivity contribution in [1.82, 2.24) is 24.6 Å². The summed E-state index contributed by atoms with van der Waals surface area (Å²) in [7, 11) is 0. The number of anilines is 1. The summed E-state index contributed by atoms with van der Waals surface area (Å²) in [4.78, 5) is 26.8. The number of halogens is 1. The van der Waals surface area contributed by atoms with Gasteiger partial charge in [-0.2, -0.15) is 5.10 Å². The third-order valence-corrected chi connectivity index (χ3v) is 6.85. The van der Waals surface area contributed by atoms with Gasteiger partial charge in [-0.25, -0.2) is 14.6 Å². The van der Waals surface area contributed by atoms with Crippen molar-refractivity contribution < 1.29 is 4.79 Å². The van der Waals surface area contributed by atoms with Crippen molar-refractivity contribution in [2.24, 2.45) is 0 Å². The molecule has 0 radical (unpaired) electrons. The van der Waals surface area contributed by atoms with Crippen molar-refractivity contribution in [3.05, 3.63) is 77.2 Å². The molecule has 0 saturated carbocycles. The van der Waals surface area contributed by atoms with Gasteiger partial charge in [0, 0.05) is 32.6 Å². The first-order chi connectivity index (χ1) is 17.4. The van der Waals surface area contributed by atoms with Crippen molar-refractivity contribution in [2.75, 3.05) is 31.1 Å². The minimum Gasteiger partial charge on any atom is -0.354 e. The van der Waals surface area contributed by atoms with E-state index in [0.717, 1.165) is 52.6 Å². The number of hydrogen-bond donors (Lipinski definition) is 0. The molecule has 3 heterocycles. The van der Waals surface area contributed by atoms with Crippen molar-refractivity contribution >= 4 is 34.4 Å². The summed E-state index contributed by atoms with van der Waals surface area (Å²) >= 11 is 6.10. The molecule has 0 aliphatic carbocycles. The molecule has 1 amide bonds. The highest BCUT2D eigenvalue weighted by atomic mass is 35.5. The largest absolute Gasteiger partial charge is 0.354 e. The van der Waals surface area contributed by atoms with Crippen molar-refractivity contribution in [3.63, 3.8) is 0 Å². The fraction of sp³-hybridized carbons (Fsp3) is 0.357. The van der Waals surface area contributed by atoms with E-state index in [1.807, 2.05) is 46.8 Å². The van der Waals surface area contributed by atoms with Gasteiger partial charge in [0.25, 0.3) is 0 Å². The number of nitrogens with zero attached hydrogens (tertiary/aromatic N) is 6. The molecule has 1 aliphatic heterocycles. The van der Waals surface area contributed by atoms with Gasteiger partial charge in [0.05, 0.1) is 16.8 Å². The highest BCUT2D eigenvalue weighted by Gasteiger charge is 2.26. The van der Waals surface area contributed by atoms with Crippen LogP contribution in [0.25, 0.3) is 16.7 Å². The van der Waals surface area contributed by atoms with Gasteiger partial charge >= 0.3 is 0 Å². The quantitative estimate of drug-likeness (QED) is 0.370. The van der Waals surface area contributed by atoms with Crippen LogP contribution < -0.4 is 4.90 Å². The summed E-state index contributed by atoms with van der Waals surface area (Å²) in [6.07, 6.45) is 1.48. The molecule has 0 N–H and O–H groups in total. The van der Waals surface area contributed by atoms with E-state index in [1.54, 1.807) is 6.92 Å². The van der Waals surface area contributed by atoms with E-state index < -0.39 is 5.38 Å². The Morgan fingerprint density at radius 2 is 1.72 bits per heavy atom. The standard InChI is InChI=1S/C28H31ClN6O/c1-19-10-12-22(13-11-19)18-24-30-26(33-14-7-15-34(17-16-33)28(36)20(2)29)25-21(3)32-35(27(25)31-24)23-8-5-4-6-9-23/h4-6,8-13,20H,7,14-18H2,1-3H3. The van der Waals surface area contributed by atoms with Gasteiger partial charge in [0.2, 0.25) is 5.91 Å². The number of aromatic nitrogens is 4. The highest BCUT2D eigenvalue weighted by Crippen LogP contribution is 2.30. The molecular weight excluding hydrogens is 472 g/mol. The number of hydrogen-bond acceptors (Lipinski definition) is 5. The number of alkyl halides is 1. The minimum absolute atomic E-state index is 0.0144. The maximum absolute atomic E-state index is 12.5. The summed E-state index contributed by atoms with van der Waals surface area (Å²) in [5.74, 6) is 1.62. The lowest BCUT2D eigenvalue weighted by Crippen LogP contribution is -2.38. The zero-order valence-corrected chi connectivity index (χ0v) is 21.7. The van der Waals surface area contributed by atoms with Crippen LogP contribution in [0.3, 0.4) is 0 Å². The van der Waals surface area contributed by atoms with Crippen LogP contribution in [0.5, 0.6) is 0 Å². The lowest BCUT2D eigenvalue weighted by Gasteiger charge is -2.24. The van der Waals surface area contributed by atoms with Crippen LogP contribution in [0.4, 0.5) is 5.82 Å². The van der Waals surface area contributed by atoms with Crippen LogP contribution in [0.15, 0.2) is 54.6 Å². The molecule has 0 spiro atoms. The van der Waals surface area contributed by atoms with Gasteiger partial charge < -0.3 is 9.80 Å². The third-order valence-electron chi connectivity index (χ3n) is 6.66. The fourth-order valence-corrected chi connectivity index (χ4v) is 4.89. The number of benzene rings is 2. The lowest BCUT2D eigenvalue weighted by atomic mass is 10.1. The van der Waals surface area contributed by atoms with Gasteiger partial charge in [-0.05, 0) is 44.9 Å². The van der Waals surface area contributed by atoms with E-state index in [2.05, 4.69) is 36.1 Å². The fourth-order valence-electron chi connectivity index (χ4n) is 4.75. The molecule has 1 unspecified atom stereocenters. The number of carbonyl (C=O) groups excluding carboxylic acids is 1. The van der Waals surface area contributed by atoms with E-state index in [0.29, 0.717) is 26.1 Å². The van der Waals surface area contributed by atoms with Crippen LogP contribution in [0.2, 0.25) is 0 Å². The molecule has 36 heavy (non-hydrogen) atoms. The Balaban J connectivity index is 1.59. The van der Waals surface area contributed by atoms with Gasteiger partial charge in [-0.15, -0.1) is 11.6 Å². The minimum atomic E-state index is -0.519. The Kier molecular flexibility index (Phi) is 6.92. The van der Waals surface area contributed by atoms with Gasteiger partial charge in [0.1, 0.15) is 17.0 Å². The molecule has 1 aliphatic rings. The molecule has 186 valence electrons. The average Bonchev–Trinajstić information content (AvgIpc) is 3.04. The predicted octanol–water partition coefficient (Wildman–Crippen LogP) is 4.69. The number of rotatable bonds is 5. The van der Waals surface area contributed by atoms with Crippen LogP contribution >= 0.6 is 11.6 Å². The summed E-state index contributed by atoms with van der Waals surface area (Å²) in [5.41, 5.74) is 5.04. The second kappa shape index (κ2) is 10.3. The van der Waals surface area contributed by atoms with Crippen molar-refractivity contribution in [2.45, 2.75) is 39.0 Å². The first kappa shape index (κ1) is 24.3. The number of fused-ring (bicyclic) bond motifs is 1. The summed E-state index contributed by atoms with van der Waals surface area (Å²) in [5, 5.41) is 5.31. The molecule has 7 nitrogen and oxygen atoms in total. The lowest BCUT2D eigenvalue weighted by molar-refractivity contribution is -0.130. The molecule has 1 saturated heterocycles. The van der Waals surface area contributed by atoms with Crippen LogP contribution in [-0.2, 0) is 11.2 Å². The molecule has 8 heteroatoms. The number of para-hydroxylation sites is 1. The Hall–Kier alpha value is -3.45. The number of carbonyl (C=O) groups is 1. The Labute approximate surface area is 216 Å². The van der Waals surface area contributed by atoms with Crippen LogP contribution in [-0.4, -0.2) is 62.1 Å². The zero-order chi connectivity index (χ0) is 25.2. The van der Waals surface area contributed by atoms with Gasteiger partial charge in [-0.1, -0.05) is 48.0 Å². The van der Waals surface area contributed by atoms with E-state index in [4.69, 9.17) is 26.7 Å². The summed E-state index contributed by atoms with van der Waals surface area (Å²) in [6, 6.07) is 18.6. The molecule has 2 aromatic carbocycles. The molecule has 2 aromatic heterocycles. The van der Waals surface area contributed by atoms with E-state index in [9.17, 15) is 4.79 Å². The Morgan fingerprint density at radius 3 is 2.44 bits per heavy atom. The van der Waals surface area contributed by atoms with E-state index in [-0.39, 0.29) is 5.91 Å². The third kappa shape index (κ3) is 4.93. The molecule has 0 bridgehead atoms. The maximum Gasteiger partial charge on any atom is 0.240 e. The molecule has 1 fully saturated rings. The topological polar surface area (TPSA) is 67.2 Å². The molecule has 5 rings (SSSR count). The van der Waals surface area contributed by atoms with Crippen LogP contribution in [0.1, 0.15) is 36.0 Å². The summed E-state index contributed by atoms with van der Waals surface area (Å²) < 4.78 is 1.91. The highest BCUT2D eigenvalue weighted by molar-refractivity contribution is 6.30. The second-order valence-corrected chi connectivity index (χ2v) is 10.1. The zero-order valence-electron chi connectivity index (χ0n) is 21.0. The SMILES string of the molecule is Cc1ccc(Cc2nc(N3CCCN(C(=O)C(C)Cl)CC3)c3c(C)nn(-c4ccccc4)c3n2)cc1. The normalized spacial score (nSPS) is 15.2. The van der Waals surface area contributed by atoms with Crippen molar-refractivity contribution in [3.8, 4) is 5.69 Å². The Bertz CT molecular complexity index is 1370. The molecular formula is C28H31ClN6O. The average molecular weight is 503 g/mol. The Morgan fingerprint density at radius 1 is 0.972 bits per heavy atom. The monoisotopic (exact) mass is 502 g/mol. The summed E-state index contributed by atoms with van der Waals surface area (Å²) in [6.45, 7) is 8.62. The van der Waals surface area contributed by atoms with Crippen molar-refractivity contribution in [1.29, 1.82) is 0 Å². The first-order valence-electron chi connectivity index (χ1n) is 12.5. The van der Waals surface area contributed by atoms with E-state index >= 15 is 0 Å². The molecule has 1 atom stereocenters. The number of amides is 1. The second-order valence-electron chi connectivity index (χ2n) is 9.44. The maximum atomic E-state index is 12.5. The first-order valence-corrected chi connectivity index (χ1v) is 12.9. The van der Waals surface area contributed by atoms with E-state index in [1.165, 1.54) is 5.56 Å². The number of aryl methyl sites for hydroxylation is 2. The van der Waals surface area contributed by atoms with Gasteiger partial charge in [-0.3, -0.25) is 4.79 Å².